The molecule has 1 heterocycles. The predicted octanol–water partition coefficient (Wildman–Crippen LogP) is 0.635. The van der Waals surface area contributed by atoms with Gasteiger partial charge in [-0.3, -0.25) is 10.1 Å². The molecule has 1 saturated heterocycles. The summed E-state index contributed by atoms with van der Waals surface area (Å²) in [5.41, 5.74) is -0.797. The zero-order chi connectivity index (χ0) is 10.2. The molecule has 0 radical (unpaired) electrons. The Morgan fingerprint density at radius 2 is 2.08 bits per heavy atom. The first-order valence-electron chi connectivity index (χ1n) is 4.19. The van der Waals surface area contributed by atoms with Crippen LogP contribution in [0.3, 0.4) is 0 Å². The zero-order valence-corrected chi connectivity index (χ0v) is 8.89. The summed E-state index contributed by atoms with van der Waals surface area (Å²) in [5, 5.41) is 2.29. The van der Waals surface area contributed by atoms with E-state index in [1.54, 1.807) is 6.92 Å². The van der Waals surface area contributed by atoms with Gasteiger partial charge in [-0.2, -0.15) is 12.6 Å². The van der Waals surface area contributed by atoms with Crippen molar-refractivity contribution in [1.82, 2.24) is 10.2 Å². The number of hydrogen-bond donors (Lipinski definition) is 2. The van der Waals surface area contributed by atoms with E-state index < -0.39 is 5.54 Å². The highest BCUT2D eigenvalue weighted by molar-refractivity contribution is 7.80. The number of nitrogens with one attached hydrogen (secondary N) is 1. The fourth-order valence-corrected chi connectivity index (χ4v) is 1.87. The molecule has 74 valence electrons. The molecule has 1 N–H and O–H groups in total. The standard InChI is InChI=1S/C8H14N2O2S/c1-5(2)10-7(12)9-6(11)8(10,3)4-13/h5,13H,4H2,1-3H3,(H,9,11,12). The summed E-state index contributed by atoms with van der Waals surface area (Å²) < 4.78 is 0. The van der Waals surface area contributed by atoms with Crippen LogP contribution in [-0.2, 0) is 4.79 Å². The van der Waals surface area contributed by atoms with Crippen molar-refractivity contribution in [2.24, 2.45) is 0 Å². The van der Waals surface area contributed by atoms with Crippen LogP contribution < -0.4 is 5.32 Å². The van der Waals surface area contributed by atoms with Crippen LogP contribution in [0, 0.1) is 0 Å². The number of carbonyl (C=O) groups is 2. The zero-order valence-electron chi connectivity index (χ0n) is 8.00. The molecule has 0 aliphatic carbocycles. The van der Waals surface area contributed by atoms with E-state index in [9.17, 15) is 9.59 Å². The minimum atomic E-state index is -0.797. The molecule has 0 bridgehead atoms. The minimum absolute atomic E-state index is 0.00333. The summed E-state index contributed by atoms with van der Waals surface area (Å²) in [6.45, 7) is 5.47. The van der Waals surface area contributed by atoms with Gasteiger partial charge in [0.15, 0.2) is 0 Å². The van der Waals surface area contributed by atoms with E-state index in [2.05, 4.69) is 17.9 Å². The third-order valence-corrected chi connectivity index (χ3v) is 2.90. The summed E-state index contributed by atoms with van der Waals surface area (Å²) in [6.07, 6.45) is 0. The molecule has 13 heavy (non-hydrogen) atoms. The highest BCUT2D eigenvalue weighted by Gasteiger charge is 2.49. The lowest BCUT2D eigenvalue weighted by atomic mass is 10.0. The predicted molar refractivity (Wildman–Crippen MR) is 52.8 cm³/mol. The van der Waals surface area contributed by atoms with Crippen LogP contribution in [0.25, 0.3) is 0 Å². The molecule has 1 unspecified atom stereocenters. The Labute approximate surface area is 83.1 Å². The first-order chi connectivity index (χ1) is 5.93. The Hall–Kier alpha value is -0.710. The van der Waals surface area contributed by atoms with Crippen LogP contribution in [0.2, 0.25) is 0 Å². The van der Waals surface area contributed by atoms with Gasteiger partial charge >= 0.3 is 6.03 Å². The number of amides is 3. The molecule has 0 aromatic carbocycles. The molecular weight excluding hydrogens is 188 g/mol. The number of rotatable bonds is 2. The number of carbonyl (C=O) groups excluding carboxylic acids is 2. The van der Waals surface area contributed by atoms with Crippen molar-refractivity contribution in [1.29, 1.82) is 0 Å². The van der Waals surface area contributed by atoms with Crippen molar-refractivity contribution in [2.75, 3.05) is 5.75 Å². The maximum absolute atomic E-state index is 11.4. The Kier molecular flexibility index (Phi) is 2.56. The highest BCUT2D eigenvalue weighted by Crippen LogP contribution is 2.25. The van der Waals surface area contributed by atoms with Gasteiger partial charge in [0.1, 0.15) is 5.54 Å². The van der Waals surface area contributed by atoms with E-state index in [0.717, 1.165) is 0 Å². The normalized spacial score (nSPS) is 28.5. The van der Waals surface area contributed by atoms with Crippen molar-refractivity contribution in [3.8, 4) is 0 Å². The second kappa shape index (κ2) is 3.21. The van der Waals surface area contributed by atoms with E-state index in [0.29, 0.717) is 5.75 Å². The van der Waals surface area contributed by atoms with Gasteiger partial charge in [-0.25, -0.2) is 4.79 Å². The average molecular weight is 202 g/mol. The Bertz CT molecular complexity index is 255. The number of urea groups is 1. The minimum Gasteiger partial charge on any atom is -0.307 e. The van der Waals surface area contributed by atoms with Crippen LogP contribution in [-0.4, -0.2) is 34.2 Å². The van der Waals surface area contributed by atoms with E-state index in [4.69, 9.17) is 0 Å². The van der Waals surface area contributed by atoms with Gasteiger partial charge in [-0.05, 0) is 20.8 Å². The van der Waals surface area contributed by atoms with Crippen molar-refractivity contribution in [3.63, 3.8) is 0 Å². The lowest BCUT2D eigenvalue weighted by Gasteiger charge is -2.33. The number of nitrogens with zero attached hydrogens (tertiary/aromatic N) is 1. The molecule has 3 amide bonds. The number of thiol groups is 1. The molecule has 0 aromatic heterocycles. The lowest BCUT2D eigenvalue weighted by Crippen LogP contribution is -2.51. The second-order valence-corrected chi connectivity index (χ2v) is 3.97. The monoisotopic (exact) mass is 202 g/mol. The smallest absolute Gasteiger partial charge is 0.307 e. The van der Waals surface area contributed by atoms with Crippen molar-refractivity contribution >= 4 is 24.6 Å². The SMILES string of the molecule is CC(C)N1C(=O)NC(=O)C1(C)CS. The maximum Gasteiger partial charge on any atom is 0.325 e. The Morgan fingerprint density at radius 1 is 1.54 bits per heavy atom. The summed E-state index contributed by atoms with van der Waals surface area (Å²) in [5.74, 6) is 0.0733. The highest BCUT2D eigenvalue weighted by atomic mass is 32.1. The van der Waals surface area contributed by atoms with E-state index in [1.807, 2.05) is 13.8 Å². The van der Waals surface area contributed by atoms with Gasteiger partial charge in [0.2, 0.25) is 0 Å². The van der Waals surface area contributed by atoms with Gasteiger partial charge in [0, 0.05) is 11.8 Å². The van der Waals surface area contributed by atoms with Crippen LogP contribution in [0.1, 0.15) is 20.8 Å². The molecule has 5 heteroatoms. The molecule has 0 spiro atoms. The van der Waals surface area contributed by atoms with E-state index in [-0.39, 0.29) is 18.0 Å². The molecule has 4 nitrogen and oxygen atoms in total. The third-order valence-electron chi connectivity index (χ3n) is 2.28. The summed E-state index contributed by atoms with van der Waals surface area (Å²) in [7, 11) is 0. The van der Waals surface area contributed by atoms with Crippen LogP contribution >= 0.6 is 12.6 Å². The summed E-state index contributed by atoms with van der Waals surface area (Å²) in [4.78, 5) is 24.3. The third kappa shape index (κ3) is 1.41. The van der Waals surface area contributed by atoms with E-state index in [1.165, 1.54) is 4.90 Å². The molecule has 1 atom stereocenters. The van der Waals surface area contributed by atoms with Crippen LogP contribution in [0.4, 0.5) is 4.79 Å². The van der Waals surface area contributed by atoms with Crippen molar-refractivity contribution in [2.45, 2.75) is 32.4 Å². The van der Waals surface area contributed by atoms with Gasteiger partial charge in [-0.15, -0.1) is 0 Å². The van der Waals surface area contributed by atoms with Gasteiger partial charge < -0.3 is 4.90 Å². The van der Waals surface area contributed by atoms with Crippen LogP contribution in [0.5, 0.6) is 0 Å². The van der Waals surface area contributed by atoms with Crippen molar-refractivity contribution in [3.05, 3.63) is 0 Å². The lowest BCUT2D eigenvalue weighted by molar-refractivity contribution is -0.125. The van der Waals surface area contributed by atoms with Gasteiger partial charge in [-0.1, -0.05) is 0 Å². The first-order valence-corrected chi connectivity index (χ1v) is 4.82. The largest absolute Gasteiger partial charge is 0.325 e. The Balaban J connectivity index is 3.03. The molecule has 1 aliphatic rings. The molecular formula is C8H14N2O2S. The molecule has 1 aliphatic heterocycles. The first kappa shape index (κ1) is 10.4. The fraction of sp³-hybridized carbons (Fsp3) is 0.750. The average Bonchev–Trinajstić information content (AvgIpc) is 2.24. The topological polar surface area (TPSA) is 49.4 Å². The quantitative estimate of drug-likeness (QED) is 0.510. The second-order valence-electron chi connectivity index (χ2n) is 3.65. The summed E-state index contributed by atoms with van der Waals surface area (Å²) >= 11 is 4.10. The van der Waals surface area contributed by atoms with Gasteiger partial charge in [0.25, 0.3) is 5.91 Å². The molecule has 0 aromatic rings. The van der Waals surface area contributed by atoms with Gasteiger partial charge in [0.05, 0.1) is 0 Å². The van der Waals surface area contributed by atoms with Crippen molar-refractivity contribution < 1.29 is 9.59 Å². The molecule has 1 rings (SSSR count). The van der Waals surface area contributed by atoms with E-state index >= 15 is 0 Å². The Morgan fingerprint density at radius 3 is 2.38 bits per heavy atom. The molecule has 0 saturated carbocycles. The molecule has 1 fully saturated rings. The summed E-state index contributed by atoms with van der Waals surface area (Å²) in [6, 6.07) is -0.319. The number of imide groups is 1. The van der Waals surface area contributed by atoms with Crippen LogP contribution in [0.15, 0.2) is 0 Å². The fourth-order valence-electron chi connectivity index (χ4n) is 1.58. The number of hydrogen-bond acceptors (Lipinski definition) is 3. The maximum atomic E-state index is 11.4.